The Morgan fingerprint density at radius 2 is 1.78 bits per heavy atom. The molecular formula is C11H10ClF3O7S. The average Bonchev–Trinajstić information content (AvgIpc) is 2.42. The Hall–Kier alpha value is -1.56. The van der Waals surface area contributed by atoms with Crippen LogP contribution in [0.2, 0.25) is 5.02 Å². The van der Waals surface area contributed by atoms with Crippen molar-refractivity contribution in [2.24, 2.45) is 0 Å². The molecule has 0 bridgehead atoms. The van der Waals surface area contributed by atoms with Crippen molar-refractivity contribution < 1.29 is 45.1 Å². The molecule has 7 nitrogen and oxygen atoms in total. The number of methoxy groups -OCH3 is 2. The fraction of sp³-hybridized carbons (Fsp3) is 0.364. The Balaban J connectivity index is 3.55. The Kier molecular flexibility index (Phi) is 5.85. The number of alkyl halides is 3. The van der Waals surface area contributed by atoms with E-state index in [0.717, 1.165) is 12.1 Å². The summed E-state index contributed by atoms with van der Waals surface area (Å²) >= 11 is 5.79. The highest BCUT2D eigenvalue weighted by Gasteiger charge is 2.49. The summed E-state index contributed by atoms with van der Waals surface area (Å²) in [5, 5.41) is 8.25. The number of ether oxygens (including phenoxy) is 2. The molecule has 0 aliphatic carbocycles. The van der Waals surface area contributed by atoms with Gasteiger partial charge in [0.05, 0.1) is 5.02 Å². The van der Waals surface area contributed by atoms with Gasteiger partial charge in [0.15, 0.2) is 12.0 Å². The highest BCUT2D eigenvalue weighted by atomic mass is 35.5. The summed E-state index contributed by atoms with van der Waals surface area (Å²) in [6.45, 7) is 0. The quantitative estimate of drug-likeness (QED) is 0.461. The molecule has 1 aromatic carbocycles. The van der Waals surface area contributed by atoms with Gasteiger partial charge in [0.2, 0.25) is 0 Å². The second-order valence-electron chi connectivity index (χ2n) is 3.94. The maximum absolute atomic E-state index is 12.4. The van der Waals surface area contributed by atoms with Crippen molar-refractivity contribution in [3.05, 3.63) is 28.3 Å². The topological polar surface area (TPSA) is 99.1 Å². The number of benzene rings is 1. The van der Waals surface area contributed by atoms with Gasteiger partial charge in [-0.2, -0.15) is 21.6 Å². The fourth-order valence-corrected chi connectivity index (χ4v) is 2.34. The molecule has 0 spiro atoms. The van der Waals surface area contributed by atoms with Crippen LogP contribution in [0.15, 0.2) is 12.1 Å². The minimum Gasteiger partial charge on any atom is -0.478 e. The van der Waals surface area contributed by atoms with Gasteiger partial charge < -0.3 is 18.8 Å². The fourth-order valence-electron chi connectivity index (χ4n) is 1.51. The molecule has 0 aromatic heterocycles. The lowest BCUT2D eigenvalue weighted by Crippen LogP contribution is -2.29. The molecular weight excluding hydrogens is 369 g/mol. The molecule has 1 N–H and O–H groups in total. The number of carboxylic acids is 1. The molecule has 0 aliphatic rings. The van der Waals surface area contributed by atoms with E-state index in [1.54, 1.807) is 0 Å². The van der Waals surface area contributed by atoms with E-state index >= 15 is 0 Å². The van der Waals surface area contributed by atoms with Crippen molar-refractivity contribution in [1.82, 2.24) is 0 Å². The van der Waals surface area contributed by atoms with E-state index < -0.39 is 44.2 Å². The molecule has 130 valence electrons. The lowest BCUT2D eigenvalue weighted by molar-refractivity contribution is -0.106. The third kappa shape index (κ3) is 4.05. The van der Waals surface area contributed by atoms with Crippen LogP contribution in [-0.2, 0) is 19.6 Å². The van der Waals surface area contributed by atoms with Crippen molar-refractivity contribution in [2.45, 2.75) is 11.8 Å². The largest absolute Gasteiger partial charge is 0.534 e. The summed E-state index contributed by atoms with van der Waals surface area (Å²) in [5.41, 5.74) is -6.75. The zero-order valence-corrected chi connectivity index (χ0v) is 13.1. The van der Waals surface area contributed by atoms with Gasteiger partial charge in [-0.1, -0.05) is 17.7 Å². The van der Waals surface area contributed by atoms with Crippen LogP contribution in [0, 0.1) is 0 Å². The molecule has 1 aromatic rings. The summed E-state index contributed by atoms with van der Waals surface area (Å²) < 4.78 is 73.0. The number of carbonyl (C=O) groups is 1. The number of halogens is 4. The second-order valence-corrected chi connectivity index (χ2v) is 5.85. The second kappa shape index (κ2) is 6.91. The molecule has 0 aliphatic heterocycles. The zero-order valence-electron chi connectivity index (χ0n) is 11.5. The normalized spacial score (nSPS) is 12.5. The first-order chi connectivity index (χ1) is 10.5. The summed E-state index contributed by atoms with van der Waals surface area (Å²) in [6.07, 6.45) is -1.18. The van der Waals surface area contributed by atoms with Gasteiger partial charge >= 0.3 is 21.6 Å². The van der Waals surface area contributed by atoms with Crippen molar-refractivity contribution in [1.29, 1.82) is 0 Å². The van der Waals surface area contributed by atoms with Crippen LogP contribution in [-0.4, -0.2) is 39.2 Å². The van der Waals surface area contributed by atoms with E-state index in [1.165, 1.54) is 14.2 Å². The van der Waals surface area contributed by atoms with Crippen molar-refractivity contribution in [3.63, 3.8) is 0 Å². The van der Waals surface area contributed by atoms with Crippen molar-refractivity contribution >= 4 is 27.7 Å². The molecule has 0 amide bonds. The lowest BCUT2D eigenvalue weighted by Gasteiger charge is -2.18. The predicted octanol–water partition coefficient (Wildman–Crippen LogP) is 2.56. The molecule has 0 radical (unpaired) electrons. The van der Waals surface area contributed by atoms with Gasteiger partial charge in [0.1, 0.15) is 5.56 Å². The van der Waals surface area contributed by atoms with Gasteiger partial charge in [0, 0.05) is 19.8 Å². The van der Waals surface area contributed by atoms with E-state index in [9.17, 15) is 26.4 Å². The molecule has 0 saturated heterocycles. The average molecular weight is 379 g/mol. The maximum atomic E-state index is 12.4. The number of hydrogen-bond acceptors (Lipinski definition) is 6. The van der Waals surface area contributed by atoms with Gasteiger partial charge in [-0.15, -0.1) is 0 Å². The monoisotopic (exact) mass is 378 g/mol. The van der Waals surface area contributed by atoms with Crippen LogP contribution in [0.1, 0.15) is 22.2 Å². The molecule has 12 heteroatoms. The van der Waals surface area contributed by atoms with Gasteiger partial charge in [-0.3, -0.25) is 0 Å². The highest BCUT2D eigenvalue weighted by Crippen LogP contribution is 2.39. The van der Waals surface area contributed by atoms with Crippen molar-refractivity contribution in [3.8, 4) is 5.75 Å². The van der Waals surface area contributed by atoms with E-state index in [1.807, 2.05) is 0 Å². The van der Waals surface area contributed by atoms with Crippen LogP contribution in [0.5, 0.6) is 5.75 Å². The maximum Gasteiger partial charge on any atom is 0.534 e. The van der Waals surface area contributed by atoms with Crippen LogP contribution in [0.3, 0.4) is 0 Å². The number of carboxylic acid groups (broad SMARTS) is 1. The Morgan fingerprint density at radius 1 is 1.26 bits per heavy atom. The molecule has 0 fully saturated rings. The molecule has 0 atom stereocenters. The smallest absolute Gasteiger partial charge is 0.478 e. The first-order valence-corrected chi connectivity index (χ1v) is 7.37. The number of hydrogen-bond donors (Lipinski definition) is 1. The van der Waals surface area contributed by atoms with Crippen molar-refractivity contribution in [2.75, 3.05) is 14.2 Å². The first kappa shape index (κ1) is 19.5. The highest BCUT2D eigenvalue weighted by molar-refractivity contribution is 7.88. The summed E-state index contributed by atoms with van der Waals surface area (Å²) in [4.78, 5) is 11.1. The molecule has 0 saturated carbocycles. The standard InChI is InChI=1S/C11H10ClF3O7S/c1-20-10(21-2)5-3-4-6(9(16)17)8(7(5)12)22-23(18,19)11(13,14)15/h3-4,10H,1-2H3,(H,16,17). The van der Waals surface area contributed by atoms with Gasteiger partial charge in [-0.05, 0) is 6.07 Å². The molecule has 23 heavy (non-hydrogen) atoms. The molecule has 1 rings (SSSR count). The third-order valence-corrected chi connectivity index (χ3v) is 3.86. The molecule has 0 unspecified atom stereocenters. The van der Waals surface area contributed by atoms with E-state index in [2.05, 4.69) is 4.18 Å². The summed E-state index contributed by atoms with van der Waals surface area (Å²) in [7, 11) is -3.75. The van der Waals surface area contributed by atoms with Crippen LogP contribution in [0.4, 0.5) is 13.2 Å². The van der Waals surface area contributed by atoms with Gasteiger partial charge in [-0.25, -0.2) is 4.79 Å². The Labute approximate surface area is 133 Å². The van der Waals surface area contributed by atoms with Gasteiger partial charge in [0.25, 0.3) is 0 Å². The SMILES string of the molecule is COC(OC)c1ccc(C(=O)O)c(OS(=O)(=O)C(F)(F)F)c1Cl. The van der Waals surface area contributed by atoms with Crippen LogP contribution in [0.25, 0.3) is 0 Å². The summed E-state index contributed by atoms with van der Waals surface area (Å²) in [6, 6.07) is 1.91. The van der Waals surface area contributed by atoms with E-state index in [0.29, 0.717) is 0 Å². The predicted molar refractivity (Wildman–Crippen MR) is 70.8 cm³/mol. The summed E-state index contributed by atoms with van der Waals surface area (Å²) in [5.74, 6) is -2.93. The Morgan fingerprint density at radius 3 is 2.17 bits per heavy atom. The minimum atomic E-state index is -6.11. The number of rotatable bonds is 6. The van der Waals surface area contributed by atoms with E-state index in [4.69, 9.17) is 26.2 Å². The Bertz CT molecular complexity index is 698. The lowest BCUT2D eigenvalue weighted by atomic mass is 10.1. The third-order valence-electron chi connectivity index (χ3n) is 2.52. The van der Waals surface area contributed by atoms with Crippen LogP contribution < -0.4 is 4.18 Å². The first-order valence-electron chi connectivity index (χ1n) is 5.58. The zero-order chi connectivity index (χ0) is 18.0. The van der Waals surface area contributed by atoms with E-state index in [-0.39, 0.29) is 5.56 Å². The van der Waals surface area contributed by atoms with Crippen LogP contribution >= 0.6 is 11.6 Å². The number of aromatic carboxylic acids is 1. The minimum absolute atomic E-state index is 0.117. The molecule has 0 heterocycles.